The molecule has 1 N–H and O–H groups in total. The maximum atomic E-state index is 10.1. The van der Waals surface area contributed by atoms with E-state index in [1.165, 1.54) is 30.0 Å². The van der Waals surface area contributed by atoms with Crippen molar-refractivity contribution < 1.29 is 5.11 Å². The van der Waals surface area contributed by atoms with Gasteiger partial charge in [-0.15, -0.1) is 0 Å². The van der Waals surface area contributed by atoms with Crippen molar-refractivity contribution in [2.24, 2.45) is 4.99 Å². The summed E-state index contributed by atoms with van der Waals surface area (Å²) in [4.78, 5) is 4.94. The van der Waals surface area contributed by atoms with E-state index in [0.29, 0.717) is 20.3 Å². The molecule has 0 unspecified atom stereocenters. The number of phenols is 1. The van der Waals surface area contributed by atoms with Gasteiger partial charge in [0, 0.05) is 0 Å². The van der Waals surface area contributed by atoms with Gasteiger partial charge in [-0.2, -0.15) is 0 Å². The Morgan fingerprint density at radius 3 is 2.46 bits per heavy atom. The topological polar surface area (TPSA) is 32.6 Å². The molecule has 0 amide bonds. The van der Waals surface area contributed by atoms with Crippen LogP contribution in [0.15, 0.2) is 35.3 Å². The van der Waals surface area contributed by atoms with Gasteiger partial charge in [-0.1, -0.05) is 0 Å². The first-order valence-electron chi connectivity index (χ1n) is 7.90. The number of rotatable bonds is 1. The number of benzene rings is 2. The zero-order valence-electron chi connectivity index (χ0n) is 14.0. The van der Waals surface area contributed by atoms with Crippen molar-refractivity contribution in [3.05, 3.63) is 50.5 Å². The average Bonchev–Trinajstić information content (AvgIpc) is 2.84. The fourth-order valence-corrected chi connectivity index (χ4v) is 13.6. The maximum absolute atomic E-state index is 10.1. The third-order valence-corrected chi connectivity index (χ3v) is 17.9. The summed E-state index contributed by atoms with van der Waals surface area (Å²) in [6.07, 6.45) is 0. The van der Waals surface area contributed by atoms with Crippen LogP contribution in [0, 0.1) is 9.58 Å². The zero-order valence-corrected chi connectivity index (χ0v) is 23.2. The molecule has 0 aliphatic carbocycles. The summed E-state index contributed by atoms with van der Waals surface area (Å²) in [5.74, 6) is 0.319. The number of hydrogen-bond acceptors (Lipinski definition) is 2. The van der Waals surface area contributed by atoms with Gasteiger partial charge in [0.2, 0.25) is 0 Å². The van der Waals surface area contributed by atoms with Gasteiger partial charge in [-0.3, -0.25) is 0 Å². The Balaban J connectivity index is 2.15. The minimum atomic E-state index is -2.02. The Labute approximate surface area is 200 Å². The van der Waals surface area contributed by atoms with Crippen LogP contribution in [0.5, 0.6) is 5.75 Å². The Kier molecular flexibility index (Phi) is 5.27. The fourth-order valence-electron chi connectivity index (χ4n) is 3.53. The Morgan fingerprint density at radius 2 is 1.81 bits per heavy atom. The van der Waals surface area contributed by atoms with Gasteiger partial charge in [0.15, 0.2) is 0 Å². The van der Waals surface area contributed by atoms with Gasteiger partial charge in [-0.25, -0.2) is 0 Å². The van der Waals surface area contributed by atoms with Crippen molar-refractivity contribution in [3.63, 3.8) is 0 Å². The molecule has 0 fully saturated rings. The van der Waals surface area contributed by atoms with Gasteiger partial charge < -0.3 is 0 Å². The standard InChI is InChI=1S/C19H14I3NOSeSi/c1-9-4-6-12-18(14(9)17-15(20)16(21)19(22)25-17)26(2,3)13-8-10(24)5-7-11(13)23-12/h4-8,24H,1H2,2-3H3. The van der Waals surface area contributed by atoms with Crippen molar-refractivity contribution >= 4 is 113 Å². The van der Waals surface area contributed by atoms with Gasteiger partial charge >= 0.3 is 202 Å². The van der Waals surface area contributed by atoms with Crippen LogP contribution in [0.1, 0.15) is 0 Å². The zero-order chi connectivity index (χ0) is 18.8. The van der Waals surface area contributed by atoms with E-state index in [1.54, 1.807) is 6.07 Å². The Hall–Kier alpha value is 0.316. The first kappa shape index (κ1) is 19.6. The molecule has 0 bridgehead atoms. The predicted molar refractivity (Wildman–Crippen MR) is 138 cm³/mol. The van der Waals surface area contributed by atoms with Crippen molar-refractivity contribution in [2.75, 3.05) is 0 Å². The van der Waals surface area contributed by atoms with E-state index in [4.69, 9.17) is 4.99 Å². The Morgan fingerprint density at radius 1 is 1.08 bits per heavy atom. The van der Waals surface area contributed by atoms with Crippen LogP contribution in [0.25, 0.3) is 16.6 Å². The molecule has 1 aliphatic heterocycles. The minimum absolute atomic E-state index is 0.318. The van der Waals surface area contributed by atoms with Crippen molar-refractivity contribution in [1.82, 2.24) is 0 Å². The second kappa shape index (κ2) is 6.98. The van der Waals surface area contributed by atoms with E-state index in [9.17, 15) is 5.11 Å². The van der Waals surface area contributed by atoms with Crippen LogP contribution < -0.4 is 20.9 Å². The van der Waals surface area contributed by atoms with E-state index in [2.05, 4.69) is 99.6 Å². The molecule has 2 nitrogen and oxygen atoms in total. The van der Waals surface area contributed by atoms with Crippen molar-refractivity contribution in [2.45, 2.75) is 13.1 Å². The number of halogens is 3. The summed E-state index contributed by atoms with van der Waals surface area (Å²) >= 11 is 7.76. The van der Waals surface area contributed by atoms with Crippen LogP contribution in [-0.2, 0) is 0 Å². The molecule has 2 aromatic carbocycles. The molecule has 0 saturated heterocycles. The van der Waals surface area contributed by atoms with Crippen LogP contribution in [-0.4, -0.2) is 27.7 Å². The summed E-state index contributed by atoms with van der Waals surface area (Å²) in [6.45, 7) is 9.10. The van der Waals surface area contributed by atoms with E-state index in [-0.39, 0.29) is 0 Å². The number of nitrogens with zero attached hydrogens (tertiary/aromatic N) is 1. The summed E-state index contributed by atoms with van der Waals surface area (Å²) < 4.78 is 5.63. The van der Waals surface area contributed by atoms with E-state index in [1.807, 2.05) is 12.1 Å². The van der Waals surface area contributed by atoms with Crippen molar-refractivity contribution in [1.29, 1.82) is 0 Å². The van der Waals surface area contributed by atoms with Crippen LogP contribution in [0.2, 0.25) is 13.1 Å². The van der Waals surface area contributed by atoms with Gasteiger partial charge in [0.1, 0.15) is 0 Å². The summed E-state index contributed by atoms with van der Waals surface area (Å²) in [7, 11) is -2.02. The quantitative estimate of drug-likeness (QED) is 0.300. The molecule has 0 radical (unpaired) electrons. The van der Waals surface area contributed by atoms with E-state index >= 15 is 0 Å². The Bertz CT molecular complexity index is 1190. The molecule has 1 aliphatic rings. The number of fused-ring (bicyclic) bond motifs is 2. The molecule has 0 saturated carbocycles. The second-order valence-corrected chi connectivity index (χ2v) is 18.1. The summed E-state index contributed by atoms with van der Waals surface area (Å²) in [5.41, 5.74) is 2.31. The molecule has 132 valence electrons. The molecule has 7 heteroatoms. The van der Waals surface area contributed by atoms with Gasteiger partial charge in [0.25, 0.3) is 0 Å². The molecule has 3 aromatic rings. The first-order valence-corrected chi connectivity index (χ1v) is 15.8. The van der Waals surface area contributed by atoms with Crippen LogP contribution in [0.3, 0.4) is 0 Å². The third-order valence-electron chi connectivity index (χ3n) is 4.77. The molecule has 2 heterocycles. The third kappa shape index (κ3) is 3.01. The molecular formula is C19H14I3NOSeSi. The fraction of sp³-hybridized carbons (Fsp3) is 0.105. The van der Waals surface area contributed by atoms with Gasteiger partial charge in [0.05, 0.1) is 0 Å². The predicted octanol–water partition coefficient (Wildman–Crippen LogP) is 3.43. The number of aromatic hydroxyl groups is 1. The molecule has 1 aromatic heterocycles. The second-order valence-electron chi connectivity index (χ2n) is 6.76. The average molecular weight is 760 g/mol. The molecule has 26 heavy (non-hydrogen) atoms. The first-order chi connectivity index (χ1) is 12.2. The normalized spacial score (nSPS) is 14.5. The van der Waals surface area contributed by atoms with Crippen LogP contribution >= 0.6 is 67.8 Å². The summed E-state index contributed by atoms with van der Waals surface area (Å²) in [5, 5.41) is 14.8. The molecule has 0 spiro atoms. The van der Waals surface area contributed by atoms with Gasteiger partial charge in [-0.05, 0) is 0 Å². The molecule has 4 rings (SSSR count). The van der Waals surface area contributed by atoms with Crippen LogP contribution in [0.4, 0.5) is 5.69 Å². The molecular weight excluding hydrogens is 746 g/mol. The SMILES string of the molecule is C=c1ccc2c(c1-c1[se]c(I)c(I)c1I)[Si](C)(C)c1cc(O)ccc1N=2. The molecule has 0 atom stereocenters. The number of hydrogen-bond donors (Lipinski definition) is 1. The number of phenolic OH excluding ortho intramolecular Hbond substituents is 1. The monoisotopic (exact) mass is 761 g/mol. The van der Waals surface area contributed by atoms with E-state index in [0.717, 1.165) is 16.3 Å². The van der Waals surface area contributed by atoms with Crippen molar-refractivity contribution in [3.8, 4) is 15.8 Å². The summed E-state index contributed by atoms with van der Waals surface area (Å²) in [6, 6.07) is 9.81. The van der Waals surface area contributed by atoms with E-state index < -0.39 is 8.07 Å².